The van der Waals surface area contributed by atoms with Gasteiger partial charge in [-0.2, -0.15) is 5.10 Å². The van der Waals surface area contributed by atoms with Crippen LogP contribution >= 0.6 is 0 Å². The summed E-state index contributed by atoms with van der Waals surface area (Å²) in [6.45, 7) is 1.84. The first kappa shape index (κ1) is 7.94. The van der Waals surface area contributed by atoms with Crippen LogP contribution in [0.15, 0.2) is 6.20 Å². The van der Waals surface area contributed by atoms with E-state index in [2.05, 4.69) is 5.10 Å². The van der Waals surface area contributed by atoms with Gasteiger partial charge in [-0.15, -0.1) is 0 Å². The number of ketones is 1. The number of hydrogen-bond donors (Lipinski definition) is 1. The molecule has 1 rings (SSSR count). The molecule has 0 aliphatic rings. The number of nitrogens with zero attached hydrogens (tertiary/aromatic N) is 2. The van der Waals surface area contributed by atoms with Gasteiger partial charge in [0.15, 0.2) is 5.78 Å². The van der Waals surface area contributed by atoms with E-state index in [-0.39, 0.29) is 12.3 Å². The van der Waals surface area contributed by atoms with Gasteiger partial charge in [-0.05, 0) is 6.92 Å². The van der Waals surface area contributed by atoms with Crippen molar-refractivity contribution < 1.29 is 4.79 Å². The van der Waals surface area contributed by atoms with E-state index in [4.69, 9.17) is 5.73 Å². The molecule has 4 heteroatoms. The molecule has 0 amide bonds. The molecular formula is C7H11N3O. The molecule has 0 aromatic carbocycles. The first-order valence-corrected chi connectivity index (χ1v) is 3.38. The number of nitrogens with two attached hydrogens (primary N) is 1. The molecule has 0 unspecified atom stereocenters. The van der Waals surface area contributed by atoms with Crippen LogP contribution in [0.1, 0.15) is 16.1 Å². The molecule has 2 N–H and O–H groups in total. The largest absolute Gasteiger partial charge is 0.324 e. The van der Waals surface area contributed by atoms with Gasteiger partial charge in [0, 0.05) is 13.2 Å². The predicted octanol–water partition coefficient (Wildman–Crippen LogP) is -0.130. The van der Waals surface area contributed by atoms with Gasteiger partial charge in [-0.25, -0.2) is 0 Å². The maximum Gasteiger partial charge on any atom is 0.179 e. The molecule has 0 aliphatic heterocycles. The topological polar surface area (TPSA) is 60.9 Å². The highest BCUT2D eigenvalue weighted by molar-refractivity contribution is 5.98. The van der Waals surface area contributed by atoms with Gasteiger partial charge in [-0.3, -0.25) is 9.48 Å². The second kappa shape index (κ2) is 2.84. The fourth-order valence-corrected chi connectivity index (χ4v) is 0.983. The molecule has 1 aromatic rings. The molecule has 1 heterocycles. The lowest BCUT2D eigenvalue weighted by atomic mass is 10.2. The van der Waals surface area contributed by atoms with Crippen molar-refractivity contribution in [2.75, 3.05) is 6.54 Å². The first-order valence-electron chi connectivity index (χ1n) is 3.38. The quantitative estimate of drug-likeness (QED) is 0.602. The van der Waals surface area contributed by atoms with E-state index in [1.54, 1.807) is 24.9 Å². The van der Waals surface area contributed by atoms with Gasteiger partial charge in [0.1, 0.15) is 0 Å². The van der Waals surface area contributed by atoms with Gasteiger partial charge in [0.2, 0.25) is 0 Å². The van der Waals surface area contributed by atoms with Crippen LogP contribution < -0.4 is 5.73 Å². The van der Waals surface area contributed by atoms with Crippen molar-refractivity contribution in [1.82, 2.24) is 9.78 Å². The first-order chi connectivity index (χ1) is 5.15. The van der Waals surface area contributed by atoms with Crippen molar-refractivity contribution in [2.45, 2.75) is 6.92 Å². The third-order valence-corrected chi connectivity index (χ3v) is 1.50. The van der Waals surface area contributed by atoms with E-state index in [0.717, 1.165) is 5.69 Å². The monoisotopic (exact) mass is 153 g/mol. The number of rotatable bonds is 2. The van der Waals surface area contributed by atoms with Crippen molar-refractivity contribution in [3.05, 3.63) is 17.5 Å². The molecule has 0 spiro atoms. The van der Waals surface area contributed by atoms with Crippen molar-refractivity contribution in [3.63, 3.8) is 0 Å². The Labute approximate surface area is 65.0 Å². The summed E-state index contributed by atoms with van der Waals surface area (Å²) in [6.07, 6.45) is 1.69. The number of hydrogen-bond acceptors (Lipinski definition) is 3. The van der Waals surface area contributed by atoms with Crippen LogP contribution in [0.3, 0.4) is 0 Å². The van der Waals surface area contributed by atoms with Crippen LogP contribution in [-0.2, 0) is 7.05 Å². The second-order valence-corrected chi connectivity index (χ2v) is 2.43. The summed E-state index contributed by atoms with van der Waals surface area (Å²) in [5.74, 6) is -0.0596. The van der Waals surface area contributed by atoms with Crippen LogP contribution in [0.5, 0.6) is 0 Å². The third kappa shape index (κ3) is 1.46. The standard InChI is InChI=1S/C7H11N3O/c1-5-6(7(11)3-8)4-10(2)9-5/h4H,3,8H2,1-2H3. The average molecular weight is 153 g/mol. The van der Waals surface area contributed by atoms with Crippen molar-refractivity contribution in [2.24, 2.45) is 12.8 Å². The Kier molecular flexibility index (Phi) is 2.05. The summed E-state index contributed by atoms with van der Waals surface area (Å²) in [7, 11) is 1.78. The van der Waals surface area contributed by atoms with Crippen LogP contribution in [0.4, 0.5) is 0 Å². The Balaban J connectivity index is 3.03. The summed E-state index contributed by atoms with van der Waals surface area (Å²) in [5, 5.41) is 4.02. The molecular weight excluding hydrogens is 142 g/mol. The zero-order chi connectivity index (χ0) is 8.43. The fourth-order valence-electron chi connectivity index (χ4n) is 0.983. The molecule has 60 valence electrons. The SMILES string of the molecule is Cc1nn(C)cc1C(=O)CN. The van der Waals surface area contributed by atoms with E-state index in [1.165, 1.54) is 0 Å². The van der Waals surface area contributed by atoms with E-state index >= 15 is 0 Å². The smallest absolute Gasteiger partial charge is 0.179 e. The van der Waals surface area contributed by atoms with E-state index < -0.39 is 0 Å². The van der Waals surface area contributed by atoms with Crippen LogP contribution in [0, 0.1) is 6.92 Å². The lowest BCUT2D eigenvalue weighted by Crippen LogP contribution is -2.13. The van der Waals surface area contributed by atoms with Crippen LogP contribution in [0.25, 0.3) is 0 Å². The highest BCUT2D eigenvalue weighted by atomic mass is 16.1. The van der Waals surface area contributed by atoms with Crippen molar-refractivity contribution in [3.8, 4) is 0 Å². The molecule has 0 aliphatic carbocycles. The molecule has 0 saturated heterocycles. The summed E-state index contributed by atoms with van der Waals surface area (Å²) < 4.78 is 1.61. The Morgan fingerprint density at radius 2 is 2.45 bits per heavy atom. The van der Waals surface area contributed by atoms with Gasteiger partial charge in [-0.1, -0.05) is 0 Å². The van der Waals surface area contributed by atoms with E-state index in [9.17, 15) is 4.79 Å². The zero-order valence-corrected chi connectivity index (χ0v) is 6.66. The molecule has 4 nitrogen and oxygen atoms in total. The van der Waals surface area contributed by atoms with Gasteiger partial charge >= 0.3 is 0 Å². The molecule has 0 radical (unpaired) electrons. The molecule has 0 atom stereocenters. The lowest BCUT2D eigenvalue weighted by Gasteiger charge is -1.90. The Bertz CT molecular complexity index is 277. The van der Waals surface area contributed by atoms with Gasteiger partial charge in [0.25, 0.3) is 0 Å². The maximum absolute atomic E-state index is 11.1. The van der Waals surface area contributed by atoms with Gasteiger partial charge in [0.05, 0.1) is 17.8 Å². The molecule has 0 saturated carbocycles. The Morgan fingerprint density at radius 3 is 2.82 bits per heavy atom. The minimum absolute atomic E-state index is 0.0481. The van der Waals surface area contributed by atoms with E-state index in [0.29, 0.717) is 5.56 Å². The number of carbonyl (C=O) groups is 1. The highest BCUT2D eigenvalue weighted by Gasteiger charge is 2.09. The van der Waals surface area contributed by atoms with Crippen molar-refractivity contribution in [1.29, 1.82) is 0 Å². The predicted molar refractivity (Wildman–Crippen MR) is 41.3 cm³/mol. The zero-order valence-electron chi connectivity index (χ0n) is 6.66. The lowest BCUT2D eigenvalue weighted by molar-refractivity contribution is 0.100. The Hall–Kier alpha value is -1.16. The minimum atomic E-state index is -0.0596. The summed E-state index contributed by atoms with van der Waals surface area (Å²) in [6, 6.07) is 0. The number of aryl methyl sites for hydroxylation is 2. The van der Waals surface area contributed by atoms with E-state index in [1.807, 2.05) is 0 Å². The van der Waals surface area contributed by atoms with Crippen molar-refractivity contribution >= 4 is 5.78 Å². The minimum Gasteiger partial charge on any atom is -0.324 e. The molecule has 0 bridgehead atoms. The molecule has 1 aromatic heterocycles. The molecule has 0 fully saturated rings. The summed E-state index contributed by atoms with van der Waals surface area (Å²) in [5.41, 5.74) is 6.55. The summed E-state index contributed by atoms with van der Waals surface area (Å²) in [4.78, 5) is 11.1. The fraction of sp³-hybridized carbons (Fsp3) is 0.429. The number of Topliss-reactive ketones (excluding diaryl/α,β-unsaturated/α-hetero) is 1. The number of aromatic nitrogens is 2. The third-order valence-electron chi connectivity index (χ3n) is 1.50. The maximum atomic E-state index is 11.1. The highest BCUT2D eigenvalue weighted by Crippen LogP contribution is 2.03. The summed E-state index contributed by atoms with van der Waals surface area (Å²) >= 11 is 0. The average Bonchev–Trinajstić information content (AvgIpc) is 2.28. The second-order valence-electron chi connectivity index (χ2n) is 2.43. The van der Waals surface area contributed by atoms with Crippen LogP contribution in [-0.4, -0.2) is 22.1 Å². The normalized spacial score (nSPS) is 10.1. The Morgan fingerprint density at radius 1 is 1.82 bits per heavy atom. The molecule has 11 heavy (non-hydrogen) atoms. The van der Waals surface area contributed by atoms with Crippen LogP contribution in [0.2, 0.25) is 0 Å². The number of carbonyl (C=O) groups excluding carboxylic acids is 1. The van der Waals surface area contributed by atoms with Gasteiger partial charge < -0.3 is 5.73 Å².